The van der Waals surface area contributed by atoms with Gasteiger partial charge in [0.1, 0.15) is 12.4 Å². The maximum atomic E-state index is 6.30. The van der Waals surface area contributed by atoms with Crippen LogP contribution in [0.2, 0.25) is 0 Å². The molecule has 0 amide bonds. The molecule has 48 heavy (non-hydrogen) atoms. The van der Waals surface area contributed by atoms with E-state index >= 15 is 0 Å². The van der Waals surface area contributed by atoms with Gasteiger partial charge in [0.15, 0.2) is 0 Å². The minimum absolute atomic E-state index is 0.0484. The number of para-hydroxylation sites is 2. The van der Waals surface area contributed by atoms with Gasteiger partial charge in [-0.1, -0.05) is 84.9 Å². The van der Waals surface area contributed by atoms with E-state index in [-0.39, 0.29) is 6.04 Å². The number of nitrogens with zero attached hydrogens (tertiary/aromatic N) is 3. The Morgan fingerprint density at radius 3 is 1.96 bits per heavy atom. The first-order valence-electron chi connectivity index (χ1n) is 16.4. The van der Waals surface area contributed by atoms with Crippen LogP contribution in [0.4, 0.5) is 5.69 Å². The fourth-order valence-electron chi connectivity index (χ4n) is 6.79. The largest absolute Gasteiger partial charge is 0.489 e. The lowest BCUT2D eigenvalue weighted by Gasteiger charge is -2.22. The number of hydrogen-bond acceptors (Lipinski definition) is 4. The van der Waals surface area contributed by atoms with Gasteiger partial charge in [0, 0.05) is 51.5 Å². The molecule has 8 rings (SSSR count). The minimum Gasteiger partial charge on any atom is -0.489 e. The van der Waals surface area contributed by atoms with E-state index in [0.717, 1.165) is 56.9 Å². The van der Waals surface area contributed by atoms with Crippen LogP contribution in [0.15, 0.2) is 146 Å². The number of aromatic nitrogens is 3. The molecular formula is C43H36N4O. The Morgan fingerprint density at radius 1 is 0.604 bits per heavy atom. The molecule has 0 spiro atoms. The van der Waals surface area contributed by atoms with Gasteiger partial charge >= 0.3 is 0 Å². The number of ether oxygens (including phenoxy) is 1. The van der Waals surface area contributed by atoms with Gasteiger partial charge in [0.05, 0.1) is 22.6 Å². The summed E-state index contributed by atoms with van der Waals surface area (Å²) in [5.41, 5.74) is 11.1. The second-order valence-electron chi connectivity index (χ2n) is 12.4. The molecule has 5 aromatic carbocycles. The maximum Gasteiger partial charge on any atom is 0.119 e. The molecule has 5 nitrogen and oxygen atoms in total. The molecule has 1 N–H and O–H groups in total. The molecule has 0 aliphatic carbocycles. The normalized spacial score (nSPS) is 12.0. The fourth-order valence-corrected chi connectivity index (χ4v) is 6.79. The van der Waals surface area contributed by atoms with Crippen molar-refractivity contribution in [3.8, 4) is 5.75 Å². The molecule has 3 aromatic heterocycles. The monoisotopic (exact) mass is 624 g/mol. The van der Waals surface area contributed by atoms with Crippen LogP contribution in [0.3, 0.4) is 0 Å². The Hall–Kier alpha value is -5.94. The lowest BCUT2D eigenvalue weighted by Crippen LogP contribution is -2.12. The van der Waals surface area contributed by atoms with Crippen LogP contribution in [0.1, 0.15) is 39.7 Å². The van der Waals surface area contributed by atoms with Crippen molar-refractivity contribution >= 4 is 38.4 Å². The lowest BCUT2D eigenvalue weighted by atomic mass is 9.98. The van der Waals surface area contributed by atoms with E-state index in [0.29, 0.717) is 6.61 Å². The van der Waals surface area contributed by atoms with E-state index in [1.165, 1.54) is 27.4 Å². The first-order chi connectivity index (χ1) is 23.6. The fraction of sp³-hybridized carbons (Fsp3) is 0.116. The van der Waals surface area contributed by atoms with Crippen LogP contribution in [-0.2, 0) is 13.2 Å². The minimum atomic E-state index is -0.0484. The molecule has 0 radical (unpaired) electrons. The van der Waals surface area contributed by atoms with E-state index in [2.05, 4.69) is 155 Å². The molecule has 0 aliphatic rings. The van der Waals surface area contributed by atoms with Crippen molar-refractivity contribution < 1.29 is 4.74 Å². The summed E-state index contributed by atoms with van der Waals surface area (Å²) >= 11 is 0. The third-order valence-corrected chi connectivity index (χ3v) is 9.05. The average Bonchev–Trinajstić information content (AvgIpc) is 3.53. The molecule has 1 unspecified atom stereocenters. The van der Waals surface area contributed by atoms with Crippen LogP contribution in [0, 0.1) is 13.8 Å². The van der Waals surface area contributed by atoms with Crippen LogP contribution < -0.4 is 10.1 Å². The van der Waals surface area contributed by atoms with Gasteiger partial charge in [0.25, 0.3) is 0 Å². The summed E-state index contributed by atoms with van der Waals surface area (Å²) in [4.78, 5) is 9.42. The Balaban J connectivity index is 1.07. The number of aryl methyl sites for hydroxylation is 2. The summed E-state index contributed by atoms with van der Waals surface area (Å²) < 4.78 is 8.63. The predicted octanol–water partition coefficient (Wildman–Crippen LogP) is 10.2. The van der Waals surface area contributed by atoms with Crippen molar-refractivity contribution in [2.45, 2.75) is 33.0 Å². The van der Waals surface area contributed by atoms with Gasteiger partial charge in [-0.15, -0.1) is 0 Å². The van der Waals surface area contributed by atoms with Crippen molar-refractivity contribution in [3.05, 3.63) is 179 Å². The smallest absolute Gasteiger partial charge is 0.119 e. The highest BCUT2D eigenvalue weighted by atomic mass is 16.5. The summed E-state index contributed by atoms with van der Waals surface area (Å²) in [6.45, 7) is 5.35. The van der Waals surface area contributed by atoms with E-state index in [9.17, 15) is 0 Å². The first-order valence-corrected chi connectivity index (χ1v) is 16.4. The number of fused-ring (bicyclic) bond motifs is 3. The quantitative estimate of drug-likeness (QED) is 0.174. The van der Waals surface area contributed by atoms with Crippen LogP contribution in [0.5, 0.6) is 5.75 Å². The zero-order chi connectivity index (χ0) is 32.5. The zero-order valence-electron chi connectivity index (χ0n) is 27.1. The molecule has 0 aliphatic heterocycles. The van der Waals surface area contributed by atoms with E-state index in [4.69, 9.17) is 9.72 Å². The molecule has 0 fully saturated rings. The highest BCUT2D eigenvalue weighted by Gasteiger charge is 2.17. The Morgan fingerprint density at radius 2 is 1.23 bits per heavy atom. The average molecular weight is 625 g/mol. The van der Waals surface area contributed by atoms with Crippen molar-refractivity contribution in [2.24, 2.45) is 0 Å². The third kappa shape index (κ3) is 5.87. The van der Waals surface area contributed by atoms with E-state index < -0.39 is 0 Å². The summed E-state index contributed by atoms with van der Waals surface area (Å²) in [7, 11) is 0. The SMILES string of the molecule is Cc1cc(COc2ccc(C(Nc3cccc4c3ccn4Cc3cc(C)nc4ccccc34)c3ccccc3)cc2)c2ccccc2n1. The number of benzene rings is 5. The molecule has 0 saturated carbocycles. The predicted molar refractivity (Wildman–Crippen MR) is 197 cm³/mol. The van der Waals surface area contributed by atoms with Gasteiger partial charge < -0.3 is 14.6 Å². The van der Waals surface area contributed by atoms with Crippen molar-refractivity contribution in [3.63, 3.8) is 0 Å². The molecule has 234 valence electrons. The Labute approximate surface area is 280 Å². The standard InChI is InChI=1S/C43H36N4O/c1-29-25-33(36-13-6-8-15-39(36)44-29)27-47-24-23-38-41(17-10-18-42(38)47)46-43(31-11-4-3-5-12-31)32-19-21-35(22-20-32)48-28-34-26-30(2)45-40-16-9-7-14-37(34)40/h3-26,43,46H,27-28H2,1-2H3. The number of hydrogen-bond donors (Lipinski definition) is 1. The van der Waals surface area contributed by atoms with Gasteiger partial charge in [-0.25, -0.2) is 0 Å². The topological polar surface area (TPSA) is 52.0 Å². The van der Waals surface area contributed by atoms with Gasteiger partial charge in [-0.05, 0) is 85.1 Å². The molecule has 8 aromatic rings. The highest BCUT2D eigenvalue weighted by Crippen LogP contribution is 2.33. The van der Waals surface area contributed by atoms with Crippen LogP contribution in [-0.4, -0.2) is 14.5 Å². The summed E-state index contributed by atoms with van der Waals surface area (Å²) in [6, 6.07) is 48.7. The molecule has 0 bridgehead atoms. The number of pyridine rings is 2. The highest BCUT2D eigenvalue weighted by molar-refractivity contribution is 5.93. The first kappa shape index (κ1) is 29.5. The second-order valence-corrected chi connectivity index (χ2v) is 12.4. The van der Waals surface area contributed by atoms with E-state index in [1.54, 1.807) is 0 Å². The van der Waals surface area contributed by atoms with E-state index in [1.807, 2.05) is 19.1 Å². The number of anilines is 1. The van der Waals surface area contributed by atoms with Gasteiger partial charge in [-0.2, -0.15) is 0 Å². The van der Waals surface area contributed by atoms with Crippen molar-refractivity contribution in [2.75, 3.05) is 5.32 Å². The zero-order valence-corrected chi connectivity index (χ0v) is 27.1. The molecule has 1 atom stereocenters. The summed E-state index contributed by atoms with van der Waals surface area (Å²) in [6.07, 6.45) is 2.19. The molecule has 5 heteroatoms. The molecule has 0 saturated heterocycles. The van der Waals surface area contributed by atoms with Crippen LogP contribution >= 0.6 is 0 Å². The lowest BCUT2D eigenvalue weighted by molar-refractivity contribution is 0.307. The third-order valence-electron chi connectivity index (χ3n) is 9.05. The van der Waals surface area contributed by atoms with Gasteiger partial charge in [-0.3, -0.25) is 9.97 Å². The van der Waals surface area contributed by atoms with Crippen molar-refractivity contribution in [1.29, 1.82) is 0 Å². The summed E-state index contributed by atoms with van der Waals surface area (Å²) in [5, 5.41) is 7.41. The maximum absolute atomic E-state index is 6.30. The summed E-state index contributed by atoms with van der Waals surface area (Å²) in [5.74, 6) is 0.835. The number of nitrogens with one attached hydrogen (secondary N) is 1. The second kappa shape index (κ2) is 12.7. The van der Waals surface area contributed by atoms with Crippen LogP contribution in [0.25, 0.3) is 32.7 Å². The number of rotatable bonds is 9. The molecule has 3 heterocycles. The Bertz CT molecular complexity index is 2380. The Kier molecular flexibility index (Phi) is 7.79. The van der Waals surface area contributed by atoms with Gasteiger partial charge in [0.2, 0.25) is 0 Å². The molecular weight excluding hydrogens is 589 g/mol. The van der Waals surface area contributed by atoms with Crippen molar-refractivity contribution in [1.82, 2.24) is 14.5 Å².